The standard InChI is InChI=1S/C21H28N2O/c1-17-12-14-18(15-13-17)8-7-11-21(24)22-16-20(23(2)3)19-9-5-4-6-10-19/h4-6,9-10,12-15,20H,7-8,11,16H2,1-3H3,(H,22,24). The Morgan fingerprint density at radius 3 is 2.33 bits per heavy atom. The first-order chi connectivity index (χ1) is 11.6. The van der Waals surface area contributed by atoms with Crippen LogP contribution in [0.4, 0.5) is 0 Å². The van der Waals surface area contributed by atoms with Gasteiger partial charge in [0.25, 0.3) is 0 Å². The van der Waals surface area contributed by atoms with Gasteiger partial charge in [-0.3, -0.25) is 4.79 Å². The van der Waals surface area contributed by atoms with Gasteiger partial charge in [-0.15, -0.1) is 0 Å². The zero-order valence-electron chi connectivity index (χ0n) is 15.0. The number of carbonyl (C=O) groups is 1. The molecule has 24 heavy (non-hydrogen) atoms. The van der Waals surface area contributed by atoms with Crippen molar-refractivity contribution in [1.82, 2.24) is 10.2 Å². The van der Waals surface area contributed by atoms with E-state index in [-0.39, 0.29) is 11.9 Å². The minimum Gasteiger partial charge on any atom is -0.354 e. The van der Waals surface area contributed by atoms with Crippen LogP contribution in [-0.4, -0.2) is 31.4 Å². The van der Waals surface area contributed by atoms with Crippen LogP contribution in [-0.2, 0) is 11.2 Å². The molecule has 3 heteroatoms. The molecule has 0 bridgehead atoms. The lowest BCUT2D eigenvalue weighted by Gasteiger charge is -2.25. The maximum Gasteiger partial charge on any atom is 0.220 e. The third-order valence-corrected chi connectivity index (χ3v) is 4.29. The van der Waals surface area contributed by atoms with Gasteiger partial charge in [0.1, 0.15) is 0 Å². The van der Waals surface area contributed by atoms with Gasteiger partial charge in [-0.05, 0) is 45.0 Å². The molecule has 0 saturated carbocycles. The molecule has 2 aromatic rings. The summed E-state index contributed by atoms with van der Waals surface area (Å²) in [5.74, 6) is 0.130. The fourth-order valence-electron chi connectivity index (χ4n) is 2.78. The molecule has 0 aliphatic rings. The molecular formula is C21H28N2O. The van der Waals surface area contributed by atoms with E-state index in [1.165, 1.54) is 16.7 Å². The second-order valence-electron chi connectivity index (χ2n) is 6.53. The highest BCUT2D eigenvalue weighted by atomic mass is 16.1. The number of rotatable bonds is 8. The van der Waals surface area contributed by atoms with Crippen molar-refractivity contribution in [3.8, 4) is 0 Å². The van der Waals surface area contributed by atoms with Crippen molar-refractivity contribution >= 4 is 5.91 Å². The van der Waals surface area contributed by atoms with Crippen molar-refractivity contribution in [2.75, 3.05) is 20.6 Å². The number of aryl methyl sites for hydroxylation is 2. The van der Waals surface area contributed by atoms with Gasteiger partial charge in [-0.25, -0.2) is 0 Å². The van der Waals surface area contributed by atoms with Gasteiger partial charge in [0.05, 0.1) is 6.04 Å². The highest BCUT2D eigenvalue weighted by Crippen LogP contribution is 2.16. The summed E-state index contributed by atoms with van der Waals surface area (Å²) < 4.78 is 0. The molecule has 2 aromatic carbocycles. The van der Waals surface area contributed by atoms with Crippen LogP contribution in [0.5, 0.6) is 0 Å². The first kappa shape index (κ1) is 18.2. The summed E-state index contributed by atoms with van der Waals surface area (Å²) in [4.78, 5) is 14.3. The average molecular weight is 324 g/mol. The quantitative estimate of drug-likeness (QED) is 0.802. The average Bonchev–Trinajstić information content (AvgIpc) is 2.57. The minimum absolute atomic E-state index is 0.130. The van der Waals surface area contributed by atoms with Gasteiger partial charge >= 0.3 is 0 Å². The van der Waals surface area contributed by atoms with Crippen molar-refractivity contribution in [3.63, 3.8) is 0 Å². The van der Waals surface area contributed by atoms with Crippen molar-refractivity contribution < 1.29 is 4.79 Å². The lowest BCUT2D eigenvalue weighted by molar-refractivity contribution is -0.121. The minimum atomic E-state index is 0.130. The molecule has 1 amide bonds. The van der Waals surface area contributed by atoms with Crippen molar-refractivity contribution in [1.29, 1.82) is 0 Å². The highest BCUT2D eigenvalue weighted by Gasteiger charge is 2.14. The van der Waals surface area contributed by atoms with Gasteiger partial charge in [0, 0.05) is 13.0 Å². The molecule has 2 rings (SSSR count). The highest BCUT2D eigenvalue weighted by molar-refractivity contribution is 5.75. The molecule has 1 unspecified atom stereocenters. The first-order valence-corrected chi connectivity index (χ1v) is 8.60. The Morgan fingerprint density at radius 2 is 1.71 bits per heavy atom. The topological polar surface area (TPSA) is 32.3 Å². The van der Waals surface area contributed by atoms with Gasteiger partial charge in [0.15, 0.2) is 0 Å². The molecule has 1 atom stereocenters. The summed E-state index contributed by atoms with van der Waals surface area (Å²) in [6.45, 7) is 2.73. The molecule has 0 radical (unpaired) electrons. The van der Waals surface area contributed by atoms with E-state index in [1.807, 2.05) is 32.3 Å². The predicted molar refractivity (Wildman–Crippen MR) is 100.0 cm³/mol. The Hall–Kier alpha value is -2.13. The zero-order chi connectivity index (χ0) is 17.4. The van der Waals surface area contributed by atoms with Crippen LogP contribution in [0.25, 0.3) is 0 Å². The zero-order valence-corrected chi connectivity index (χ0v) is 15.0. The van der Waals surface area contributed by atoms with E-state index >= 15 is 0 Å². The first-order valence-electron chi connectivity index (χ1n) is 8.60. The maximum atomic E-state index is 12.1. The molecule has 128 valence electrons. The molecule has 0 heterocycles. The van der Waals surface area contributed by atoms with E-state index in [1.54, 1.807) is 0 Å². The molecule has 0 saturated heterocycles. The van der Waals surface area contributed by atoms with Crippen LogP contribution in [0.2, 0.25) is 0 Å². The molecule has 0 fully saturated rings. The van der Waals surface area contributed by atoms with Crippen LogP contribution in [0.15, 0.2) is 54.6 Å². The van der Waals surface area contributed by atoms with E-state index in [2.05, 4.69) is 53.5 Å². The molecule has 0 aliphatic carbocycles. The van der Waals surface area contributed by atoms with E-state index in [0.717, 1.165) is 12.8 Å². The molecule has 1 N–H and O–H groups in total. The molecular weight excluding hydrogens is 296 g/mol. The monoisotopic (exact) mass is 324 g/mol. The molecule has 3 nitrogen and oxygen atoms in total. The largest absolute Gasteiger partial charge is 0.354 e. The third kappa shape index (κ3) is 5.82. The Labute approximate surface area is 145 Å². The Morgan fingerprint density at radius 1 is 1.04 bits per heavy atom. The summed E-state index contributed by atoms with van der Waals surface area (Å²) in [6.07, 6.45) is 2.40. The lowest BCUT2D eigenvalue weighted by atomic mass is 10.1. The maximum absolute atomic E-state index is 12.1. The molecule has 0 aliphatic heterocycles. The Bertz CT molecular complexity index is 620. The summed E-state index contributed by atoms with van der Waals surface area (Å²) in [6, 6.07) is 19.0. The molecule has 0 aromatic heterocycles. The van der Waals surface area contributed by atoms with Gasteiger partial charge in [-0.1, -0.05) is 60.2 Å². The van der Waals surface area contributed by atoms with Crippen molar-refractivity contribution in [2.24, 2.45) is 0 Å². The number of nitrogens with one attached hydrogen (secondary N) is 1. The third-order valence-electron chi connectivity index (χ3n) is 4.29. The second-order valence-corrected chi connectivity index (χ2v) is 6.53. The fourth-order valence-corrected chi connectivity index (χ4v) is 2.78. The van der Waals surface area contributed by atoms with E-state index < -0.39 is 0 Å². The van der Waals surface area contributed by atoms with Gasteiger partial charge in [-0.2, -0.15) is 0 Å². The number of nitrogens with zero attached hydrogens (tertiary/aromatic N) is 1. The Balaban J connectivity index is 1.76. The van der Waals surface area contributed by atoms with Gasteiger partial charge in [0.2, 0.25) is 5.91 Å². The van der Waals surface area contributed by atoms with Crippen LogP contribution in [0.3, 0.4) is 0 Å². The molecule has 0 spiro atoms. The summed E-state index contributed by atoms with van der Waals surface area (Å²) in [5, 5.41) is 3.08. The predicted octanol–water partition coefficient (Wildman–Crippen LogP) is 3.74. The fraction of sp³-hybridized carbons (Fsp3) is 0.381. The van der Waals surface area contributed by atoms with E-state index in [4.69, 9.17) is 0 Å². The number of likely N-dealkylation sites (N-methyl/N-ethyl adjacent to an activating group) is 1. The summed E-state index contributed by atoms with van der Waals surface area (Å²) in [5.41, 5.74) is 3.79. The number of hydrogen-bond acceptors (Lipinski definition) is 2. The van der Waals surface area contributed by atoms with Crippen LogP contribution in [0.1, 0.15) is 35.6 Å². The van der Waals surface area contributed by atoms with Crippen molar-refractivity contribution in [3.05, 3.63) is 71.3 Å². The normalized spacial score (nSPS) is 12.2. The number of hydrogen-bond donors (Lipinski definition) is 1. The smallest absolute Gasteiger partial charge is 0.220 e. The number of benzene rings is 2. The van der Waals surface area contributed by atoms with Crippen molar-refractivity contribution in [2.45, 2.75) is 32.2 Å². The van der Waals surface area contributed by atoms with Crippen LogP contribution < -0.4 is 5.32 Å². The summed E-state index contributed by atoms with van der Waals surface area (Å²) in [7, 11) is 4.09. The Kier molecular flexibility index (Phi) is 7.01. The number of carbonyl (C=O) groups excluding carboxylic acids is 1. The van der Waals surface area contributed by atoms with Crippen LogP contribution in [0, 0.1) is 6.92 Å². The number of amides is 1. The van der Waals surface area contributed by atoms with E-state index in [9.17, 15) is 4.79 Å². The van der Waals surface area contributed by atoms with Crippen LogP contribution >= 0.6 is 0 Å². The lowest BCUT2D eigenvalue weighted by Crippen LogP contribution is -2.34. The van der Waals surface area contributed by atoms with E-state index in [0.29, 0.717) is 13.0 Å². The second kappa shape index (κ2) is 9.24. The SMILES string of the molecule is Cc1ccc(CCCC(=O)NCC(c2ccccc2)N(C)C)cc1. The van der Waals surface area contributed by atoms with Gasteiger partial charge < -0.3 is 10.2 Å². The summed E-state index contributed by atoms with van der Waals surface area (Å²) >= 11 is 0.